The third kappa shape index (κ3) is 3.64. The highest BCUT2D eigenvalue weighted by molar-refractivity contribution is 6.33. The van der Waals surface area contributed by atoms with Gasteiger partial charge in [0.25, 0.3) is 0 Å². The summed E-state index contributed by atoms with van der Waals surface area (Å²) in [6.07, 6.45) is 0.608. The molecule has 5 heteroatoms. The summed E-state index contributed by atoms with van der Waals surface area (Å²) in [5, 5.41) is 4.53. The highest BCUT2D eigenvalue weighted by atomic mass is 35.5. The molecule has 20 heavy (non-hydrogen) atoms. The predicted molar refractivity (Wildman–Crippen MR) is 83.4 cm³/mol. The molecule has 1 N–H and O–H groups in total. The zero-order valence-electron chi connectivity index (χ0n) is 10.8. The summed E-state index contributed by atoms with van der Waals surface area (Å²) in [5.74, 6) is -0.429. The molecule has 0 bridgehead atoms. The lowest BCUT2D eigenvalue weighted by atomic mass is 9.99. The maximum absolute atomic E-state index is 13.6. The molecule has 2 rings (SSSR count). The van der Waals surface area contributed by atoms with Crippen LogP contribution in [-0.4, -0.2) is 7.05 Å². The second kappa shape index (κ2) is 6.77. The van der Waals surface area contributed by atoms with E-state index < -0.39 is 5.82 Å². The van der Waals surface area contributed by atoms with E-state index in [4.69, 9.17) is 34.8 Å². The third-order valence-electron chi connectivity index (χ3n) is 3.13. The number of benzene rings is 2. The van der Waals surface area contributed by atoms with Gasteiger partial charge in [0, 0.05) is 16.1 Å². The molecule has 0 spiro atoms. The Balaban J connectivity index is 2.28. The first-order chi connectivity index (χ1) is 9.51. The van der Waals surface area contributed by atoms with Crippen LogP contribution in [0.5, 0.6) is 0 Å². The van der Waals surface area contributed by atoms with Crippen molar-refractivity contribution in [3.05, 3.63) is 68.4 Å². The van der Waals surface area contributed by atoms with Crippen LogP contribution in [0.25, 0.3) is 0 Å². The third-order valence-corrected chi connectivity index (χ3v) is 4.04. The molecule has 0 aliphatic rings. The van der Waals surface area contributed by atoms with Gasteiger partial charge in [0.1, 0.15) is 5.82 Å². The van der Waals surface area contributed by atoms with Crippen molar-refractivity contribution in [2.45, 2.75) is 12.5 Å². The largest absolute Gasteiger partial charge is 0.313 e. The highest BCUT2D eigenvalue weighted by Crippen LogP contribution is 2.27. The molecule has 0 aliphatic heterocycles. The average molecular weight is 333 g/mol. The smallest absolute Gasteiger partial charge is 0.142 e. The van der Waals surface area contributed by atoms with E-state index in [1.807, 2.05) is 13.1 Å². The van der Waals surface area contributed by atoms with Gasteiger partial charge in [0.05, 0.1) is 5.02 Å². The molecular formula is C15H13Cl3FN. The molecule has 0 amide bonds. The van der Waals surface area contributed by atoms with E-state index in [0.717, 1.165) is 11.1 Å². The minimum atomic E-state index is -0.429. The normalized spacial score (nSPS) is 12.4. The van der Waals surface area contributed by atoms with Crippen LogP contribution in [0.15, 0.2) is 36.4 Å². The molecule has 0 aliphatic carbocycles. The number of hydrogen-bond donors (Lipinski definition) is 1. The monoisotopic (exact) mass is 331 g/mol. The molecule has 1 atom stereocenters. The van der Waals surface area contributed by atoms with E-state index in [2.05, 4.69) is 5.32 Å². The first-order valence-corrected chi connectivity index (χ1v) is 7.21. The topological polar surface area (TPSA) is 12.0 Å². The number of nitrogens with one attached hydrogen (secondary N) is 1. The molecule has 1 nitrogen and oxygen atoms in total. The van der Waals surface area contributed by atoms with Gasteiger partial charge in [-0.2, -0.15) is 0 Å². The molecule has 0 heterocycles. The number of hydrogen-bond acceptors (Lipinski definition) is 1. The van der Waals surface area contributed by atoms with E-state index in [1.165, 1.54) is 6.07 Å². The maximum Gasteiger partial charge on any atom is 0.142 e. The summed E-state index contributed by atoms with van der Waals surface area (Å²) in [6, 6.07) is 10.0. The Hall–Kier alpha value is -0.800. The van der Waals surface area contributed by atoms with Gasteiger partial charge in [-0.25, -0.2) is 4.39 Å². The van der Waals surface area contributed by atoms with Gasteiger partial charge >= 0.3 is 0 Å². The van der Waals surface area contributed by atoms with Gasteiger partial charge in [-0.3, -0.25) is 0 Å². The van der Waals surface area contributed by atoms with Crippen LogP contribution in [0, 0.1) is 5.82 Å². The summed E-state index contributed by atoms with van der Waals surface area (Å²) in [4.78, 5) is 0. The molecule has 0 saturated heterocycles. The van der Waals surface area contributed by atoms with Crippen LogP contribution >= 0.6 is 34.8 Å². The molecule has 2 aromatic carbocycles. The lowest BCUT2D eigenvalue weighted by molar-refractivity contribution is 0.577. The van der Waals surface area contributed by atoms with E-state index >= 15 is 0 Å². The van der Waals surface area contributed by atoms with Crippen molar-refractivity contribution < 1.29 is 4.39 Å². The summed E-state index contributed by atoms with van der Waals surface area (Å²) in [6.45, 7) is 0. The minimum Gasteiger partial charge on any atom is -0.313 e. The number of likely N-dealkylation sites (N-methyl/N-ethyl adjacent to an activating group) is 1. The standard InChI is InChI=1S/C15H13Cl3FN/c1-20-15(9-2-4-13(18)14(19)7-9)8-10-6-11(16)3-5-12(10)17/h2-7,15,20H,8H2,1H3. The Bertz CT molecular complexity index is 616. The number of halogens is 4. The summed E-state index contributed by atoms with van der Waals surface area (Å²) >= 11 is 17.8. The Morgan fingerprint density at radius 2 is 1.75 bits per heavy atom. The molecule has 0 aromatic heterocycles. The summed E-state index contributed by atoms with van der Waals surface area (Å²) < 4.78 is 13.6. The van der Waals surface area contributed by atoms with Gasteiger partial charge in [0.15, 0.2) is 0 Å². The molecule has 106 valence electrons. The van der Waals surface area contributed by atoms with Crippen LogP contribution in [0.2, 0.25) is 15.1 Å². The SMILES string of the molecule is CNC(Cc1cc(Cl)ccc1Cl)c1ccc(Cl)c(F)c1. The average Bonchev–Trinajstić information content (AvgIpc) is 2.43. The minimum absolute atomic E-state index is 0.0715. The molecule has 2 aromatic rings. The molecule has 1 unspecified atom stereocenters. The highest BCUT2D eigenvalue weighted by Gasteiger charge is 2.14. The van der Waals surface area contributed by atoms with E-state index in [-0.39, 0.29) is 11.1 Å². The van der Waals surface area contributed by atoms with Crippen molar-refractivity contribution in [1.82, 2.24) is 5.32 Å². The Labute approximate surface area is 132 Å². The van der Waals surface area contributed by atoms with Gasteiger partial charge in [-0.05, 0) is 54.9 Å². The van der Waals surface area contributed by atoms with Crippen LogP contribution in [0.1, 0.15) is 17.2 Å². The molecule has 0 saturated carbocycles. The first-order valence-electron chi connectivity index (χ1n) is 6.07. The predicted octanol–water partition coefficient (Wildman–Crippen LogP) is 5.29. The van der Waals surface area contributed by atoms with Crippen molar-refractivity contribution in [3.63, 3.8) is 0 Å². The first kappa shape index (κ1) is 15.6. The quantitative estimate of drug-likeness (QED) is 0.802. The van der Waals surface area contributed by atoms with Gasteiger partial charge < -0.3 is 5.32 Å². The lowest BCUT2D eigenvalue weighted by Gasteiger charge is -2.18. The van der Waals surface area contributed by atoms with Crippen molar-refractivity contribution >= 4 is 34.8 Å². The van der Waals surface area contributed by atoms with Crippen molar-refractivity contribution in [1.29, 1.82) is 0 Å². The Morgan fingerprint density at radius 3 is 2.40 bits per heavy atom. The van der Waals surface area contributed by atoms with Gasteiger partial charge in [-0.1, -0.05) is 40.9 Å². The van der Waals surface area contributed by atoms with Crippen LogP contribution < -0.4 is 5.32 Å². The maximum atomic E-state index is 13.6. The number of rotatable bonds is 4. The summed E-state index contributed by atoms with van der Waals surface area (Å²) in [7, 11) is 1.82. The fourth-order valence-electron chi connectivity index (χ4n) is 2.04. The zero-order valence-corrected chi connectivity index (χ0v) is 13.0. The fourth-order valence-corrected chi connectivity index (χ4v) is 2.54. The fraction of sp³-hybridized carbons (Fsp3) is 0.200. The second-order valence-electron chi connectivity index (χ2n) is 4.45. The molecular weight excluding hydrogens is 320 g/mol. The van der Waals surface area contributed by atoms with Crippen molar-refractivity contribution in [3.8, 4) is 0 Å². The van der Waals surface area contributed by atoms with Gasteiger partial charge in [-0.15, -0.1) is 0 Å². The van der Waals surface area contributed by atoms with Gasteiger partial charge in [0.2, 0.25) is 0 Å². The molecule has 0 radical (unpaired) electrons. The van der Waals surface area contributed by atoms with E-state index in [0.29, 0.717) is 16.5 Å². The van der Waals surface area contributed by atoms with Crippen LogP contribution in [0.3, 0.4) is 0 Å². The Kier molecular flexibility index (Phi) is 5.28. The van der Waals surface area contributed by atoms with E-state index in [1.54, 1.807) is 24.3 Å². The summed E-state index contributed by atoms with van der Waals surface area (Å²) in [5.41, 5.74) is 1.72. The van der Waals surface area contributed by atoms with E-state index in [9.17, 15) is 4.39 Å². The molecule has 0 fully saturated rings. The van der Waals surface area contributed by atoms with Crippen LogP contribution in [-0.2, 0) is 6.42 Å². The lowest BCUT2D eigenvalue weighted by Crippen LogP contribution is -2.19. The van der Waals surface area contributed by atoms with Crippen LogP contribution in [0.4, 0.5) is 4.39 Å². The Morgan fingerprint density at radius 1 is 1.05 bits per heavy atom. The zero-order chi connectivity index (χ0) is 14.7. The second-order valence-corrected chi connectivity index (χ2v) is 5.71. The van der Waals surface area contributed by atoms with Crippen molar-refractivity contribution in [2.75, 3.05) is 7.05 Å². The van der Waals surface area contributed by atoms with Crippen molar-refractivity contribution in [2.24, 2.45) is 0 Å².